The molecule has 0 spiro atoms. The Morgan fingerprint density at radius 1 is 1.04 bits per heavy atom. The van der Waals surface area contributed by atoms with Gasteiger partial charge < -0.3 is 14.8 Å². The van der Waals surface area contributed by atoms with Gasteiger partial charge in [-0.3, -0.25) is 4.79 Å². The molecule has 146 valence electrons. The lowest BCUT2D eigenvalue weighted by molar-refractivity contribution is 0.0954. The molecule has 2 rings (SSSR count). The number of nitrogens with one attached hydrogen (secondary N) is 2. The predicted molar refractivity (Wildman–Crippen MR) is 103 cm³/mol. The molecule has 0 aliphatic heterocycles. The molecule has 0 saturated carbocycles. The van der Waals surface area contributed by atoms with Gasteiger partial charge in [0, 0.05) is 12.1 Å². The normalized spacial score (nSPS) is 11.1. The minimum absolute atomic E-state index is 0.0829. The van der Waals surface area contributed by atoms with Crippen LogP contribution in [0, 0.1) is 6.92 Å². The Labute approximate surface area is 159 Å². The molecular weight excluding hydrogens is 368 g/mol. The van der Waals surface area contributed by atoms with E-state index < -0.39 is 10.0 Å². The Balaban J connectivity index is 2.13. The third kappa shape index (κ3) is 4.99. The number of aryl methyl sites for hydroxylation is 1. The Morgan fingerprint density at radius 2 is 1.70 bits per heavy atom. The van der Waals surface area contributed by atoms with Gasteiger partial charge in [0.25, 0.3) is 5.91 Å². The van der Waals surface area contributed by atoms with E-state index in [4.69, 9.17) is 9.47 Å². The number of methoxy groups -OCH3 is 2. The fourth-order valence-electron chi connectivity index (χ4n) is 2.65. The van der Waals surface area contributed by atoms with Crippen molar-refractivity contribution in [3.8, 4) is 11.5 Å². The molecule has 0 fully saturated rings. The quantitative estimate of drug-likeness (QED) is 0.716. The molecule has 0 aliphatic rings. The van der Waals surface area contributed by atoms with E-state index in [2.05, 4.69) is 10.0 Å². The van der Waals surface area contributed by atoms with Crippen LogP contribution < -0.4 is 19.5 Å². The molecule has 7 nitrogen and oxygen atoms in total. The van der Waals surface area contributed by atoms with Gasteiger partial charge in [0.05, 0.1) is 14.2 Å². The van der Waals surface area contributed by atoms with Crippen LogP contribution in [0.25, 0.3) is 0 Å². The van der Waals surface area contributed by atoms with Gasteiger partial charge in [0.15, 0.2) is 0 Å². The molecule has 2 N–H and O–H groups in total. The molecule has 0 atom stereocenters. The Morgan fingerprint density at radius 3 is 2.33 bits per heavy atom. The minimum Gasteiger partial charge on any atom is -0.496 e. The van der Waals surface area contributed by atoms with E-state index in [0.717, 1.165) is 16.9 Å². The van der Waals surface area contributed by atoms with Crippen molar-refractivity contribution in [1.29, 1.82) is 0 Å². The minimum atomic E-state index is -3.75. The maximum absolute atomic E-state index is 12.4. The van der Waals surface area contributed by atoms with Gasteiger partial charge in [0.1, 0.15) is 16.4 Å². The van der Waals surface area contributed by atoms with Crippen LogP contribution in [0.3, 0.4) is 0 Å². The number of hydrogen-bond acceptors (Lipinski definition) is 5. The number of sulfonamides is 1. The zero-order chi connectivity index (χ0) is 20.0. The standard InChI is InChI=1S/C19H24N2O5S/c1-13-5-7-16(25-3)14(11-13)9-10-21-19(22)15-6-8-17(26-4)18(12-15)27(23,24)20-2/h5-8,11-12,20H,9-10H2,1-4H3,(H,21,22). The highest BCUT2D eigenvalue weighted by atomic mass is 32.2. The van der Waals surface area contributed by atoms with Crippen molar-refractivity contribution in [2.75, 3.05) is 27.8 Å². The number of ether oxygens (including phenoxy) is 2. The first-order valence-electron chi connectivity index (χ1n) is 8.35. The van der Waals surface area contributed by atoms with E-state index in [9.17, 15) is 13.2 Å². The molecule has 0 aliphatic carbocycles. The fourth-order valence-corrected chi connectivity index (χ4v) is 3.57. The zero-order valence-electron chi connectivity index (χ0n) is 15.8. The SMILES string of the molecule is CNS(=O)(=O)c1cc(C(=O)NCCc2cc(C)ccc2OC)ccc1OC. The van der Waals surface area contributed by atoms with Crippen molar-refractivity contribution in [2.24, 2.45) is 0 Å². The van der Waals surface area contributed by atoms with Crippen LogP contribution in [0.15, 0.2) is 41.3 Å². The summed E-state index contributed by atoms with van der Waals surface area (Å²) in [5.41, 5.74) is 2.33. The second-order valence-corrected chi connectivity index (χ2v) is 7.75. The van der Waals surface area contributed by atoms with E-state index >= 15 is 0 Å². The zero-order valence-corrected chi connectivity index (χ0v) is 16.6. The Kier molecular flexibility index (Phi) is 6.81. The third-order valence-electron chi connectivity index (χ3n) is 4.10. The van der Waals surface area contributed by atoms with Crippen molar-refractivity contribution < 1.29 is 22.7 Å². The molecule has 1 amide bonds. The van der Waals surface area contributed by atoms with Gasteiger partial charge in [-0.1, -0.05) is 17.7 Å². The highest BCUT2D eigenvalue weighted by Gasteiger charge is 2.20. The topological polar surface area (TPSA) is 93.7 Å². The monoisotopic (exact) mass is 392 g/mol. The fraction of sp³-hybridized carbons (Fsp3) is 0.316. The van der Waals surface area contributed by atoms with Crippen LogP contribution in [-0.4, -0.2) is 42.1 Å². The predicted octanol–water partition coefficient (Wildman–Crippen LogP) is 1.89. The summed E-state index contributed by atoms with van der Waals surface area (Å²) in [4.78, 5) is 12.3. The van der Waals surface area contributed by atoms with Gasteiger partial charge in [-0.2, -0.15) is 0 Å². The average Bonchev–Trinajstić information content (AvgIpc) is 2.67. The summed E-state index contributed by atoms with van der Waals surface area (Å²) in [6.07, 6.45) is 0.592. The Bertz CT molecular complexity index is 926. The number of rotatable bonds is 8. The maximum Gasteiger partial charge on any atom is 0.251 e. The molecule has 0 heterocycles. The summed E-state index contributed by atoms with van der Waals surface area (Å²) in [5.74, 6) is 0.573. The number of benzene rings is 2. The lowest BCUT2D eigenvalue weighted by Gasteiger charge is -2.12. The molecule has 8 heteroatoms. The molecule has 0 bridgehead atoms. The molecule has 27 heavy (non-hydrogen) atoms. The summed E-state index contributed by atoms with van der Waals surface area (Å²) in [6, 6.07) is 10.1. The van der Waals surface area contributed by atoms with Gasteiger partial charge in [0.2, 0.25) is 10.0 Å². The summed E-state index contributed by atoms with van der Waals surface area (Å²) >= 11 is 0. The van der Waals surface area contributed by atoms with Gasteiger partial charge >= 0.3 is 0 Å². The van der Waals surface area contributed by atoms with Crippen molar-refractivity contribution in [1.82, 2.24) is 10.0 Å². The average molecular weight is 392 g/mol. The van der Waals surface area contributed by atoms with Crippen molar-refractivity contribution in [2.45, 2.75) is 18.2 Å². The lowest BCUT2D eigenvalue weighted by Crippen LogP contribution is -2.26. The molecular formula is C19H24N2O5S. The number of amides is 1. The van der Waals surface area contributed by atoms with Crippen LogP contribution in [0.5, 0.6) is 11.5 Å². The second-order valence-electron chi connectivity index (χ2n) is 5.89. The first kappa shape index (κ1) is 20.7. The van der Waals surface area contributed by atoms with Crippen LogP contribution in [0.2, 0.25) is 0 Å². The van der Waals surface area contributed by atoms with Crippen molar-refractivity contribution in [3.63, 3.8) is 0 Å². The van der Waals surface area contributed by atoms with Crippen LogP contribution in [-0.2, 0) is 16.4 Å². The third-order valence-corrected chi connectivity index (χ3v) is 5.54. The molecule has 2 aromatic rings. The first-order valence-corrected chi connectivity index (χ1v) is 9.84. The highest BCUT2D eigenvalue weighted by Crippen LogP contribution is 2.24. The largest absolute Gasteiger partial charge is 0.496 e. The van der Waals surface area contributed by atoms with E-state index in [1.54, 1.807) is 7.11 Å². The first-order chi connectivity index (χ1) is 12.8. The Hall–Kier alpha value is -2.58. The van der Waals surface area contributed by atoms with Crippen LogP contribution in [0.4, 0.5) is 0 Å². The molecule has 0 saturated heterocycles. The van der Waals surface area contributed by atoms with Gasteiger partial charge in [-0.15, -0.1) is 0 Å². The number of hydrogen-bond donors (Lipinski definition) is 2. The van der Waals surface area contributed by atoms with E-state index in [1.165, 1.54) is 32.4 Å². The molecule has 0 radical (unpaired) electrons. The summed E-state index contributed by atoms with van der Waals surface area (Å²) in [7, 11) is 0.536. The summed E-state index contributed by atoms with van der Waals surface area (Å²) in [5, 5.41) is 2.80. The van der Waals surface area contributed by atoms with Crippen LogP contribution in [0.1, 0.15) is 21.5 Å². The maximum atomic E-state index is 12.4. The van der Waals surface area contributed by atoms with Crippen LogP contribution >= 0.6 is 0 Å². The number of carbonyl (C=O) groups is 1. The molecule has 2 aromatic carbocycles. The molecule has 0 aromatic heterocycles. The second kappa shape index (κ2) is 8.88. The van der Waals surface area contributed by atoms with Gasteiger partial charge in [-0.05, 0) is 50.2 Å². The lowest BCUT2D eigenvalue weighted by atomic mass is 10.1. The summed E-state index contributed by atoms with van der Waals surface area (Å²) in [6.45, 7) is 2.38. The van der Waals surface area contributed by atoms with E-state index in [1.807, 2.05) is 25.1 Å². The summed E-state index contributed by atoms with van der Waals surface area (Å²) < 4.78 is 36.9. The molecule has 0 unspecified atom stereocenters. The van der Waals surface area contributed by atoms with E-state index in [0.29, 0.717) is 13.0 Å². The smallest absolute Gasteiger partial charge is 0.251 e. The number of carbonyl (C=O) groups excluding carboxylic acids is 1. The van der Waals surface area contributed by atoms with E-state index in [-0.39, 0.29) is 22.1 Å². The van der Waals surface area contributed by atoms with Gasteiger partial charge in [-0.25, -0.2) is 13.1 Å². The van der Waals surface area contributed by atoms with Crippen molar-refractivity contribution in [3.05, 3.63) is 53.1 Å². The highest BCUT2D eigenvalue weighted by molar-refractivity contribution is 7.89. The van der Waals surface area contributed by atoms with Crippen molar-refractivity contribution >= 4 is 15.9 Å².